The van der Waals surface area contributed by atoms with E-state index in [1.807, 2.05) is 6.07 Å². The number of aliphatic hydroxyl groups is 1. The van der Waals surface area contributed by atoms with Gasteiger partial charge >= 0.3 is 0 Å². The van der Waals surface area contributed by atoms with Crippen LogP contribution in [0.3, 0.4) is 0 Å². The Morgan fingerprint density at radius 2 is 2.33 bits per heavy atom. The van der Waals surface area contributed by atoms with E-state index in [0.29, 0.717) is 6.54 Å². The van der Waals surface area contributed by atoms with Crippen molar-refractivity contribution in [1.82, 2.24) is 9.97 Å². The van der Waals surface area contributed by atoms with Gasteiger partial charge in [0, 0.05) is 32.7 Å². The molecule has 2 rings (SSSR count). The number of anilines is 2. The van der Waals surface area contributed by atoms with E-state index < -0.39 is 0 Å². The predicted molar refractivity (Wildman–Crippen MR) is 73.0 cm³/mol. The maximum Gasteiger partial charge on any atom is 0.134 e. The van der Waals surface area contributed by atoms with Crippen LogP contribution in [0.15, 0.2) is 12.4 Å². The standard InChI is InChI=1S/C13H22N4O/c1-3-4-6-16(2)12-8-13(15-10-14-12)17-7-5-11(18)9-17/h8,10-11,18H,3-7,9H2,1-2H3. The Hall–Kier alpha value is -1.36. The van der Waals surface area contributed by atoms with E-state index in [0.717, 1.165) is 37.6 Å². The van der Waals surface area contributed by atoms with Gasteiger partial charge in [0.05, 0.1) is 6.10 Å². The first kappa shape index (κ1) is 13.1. The average Bonchev–Trinajstić information content (AvgIpc) is 2.83. The summed E-state index contributed by atoms with van der Waals surface area (Å²) in [5, 5.41) is 9.56. The van der Waals surface area contributed by atoms with Crippen molar-refractivity contribution in [3.63, 3.8) is 0 Å². The van der Waals surface area contributed by atoms with Crippen molar-refractivity contribution in [2.75, 3.05) is 36.5 Å². The minimum atomic E-state index is -0.221. The highest BCUT2D eigenvalue weighted by Crippen LogP contribution is 2.21. The van der Waals surface area contributed by atoms with Crippen molar-refractivity contribution in [1.29, 1.82) is 0 Å². The van der Waals surface area contributed by atoms with Crippen molar-refractivity contribution in [2.24, 2.45) is 0 Å². The number of hydrogen-bond acceptors (Lipinski definition) is 5. The van der Waals surface area contributed by atoms with E-state index in [9.17, 15) is 5.11 Å². The molecule has 1 aromatic heterocycles. The summed E-state index contributed by atoms with van der Waals surface area (Å²) in [6.07, 6.45) is 4.56. The van der Waals surface area contributed by atoms with Gasteiger partial charge in [-0.15, -0.1) is 0 Å². The van der Waals surface area contributed by atoms with Crippen molar-refractivity contribution in [2.45, 2.75) is 32.3 Å². The molecule has 1 fully saturated rings. The molecule has 0 saturated carbocycles. The summed E-state index contributed by atoms with van der Waals surface area (Å²) in [4.78, 5) is 12.9. The summed E-state index contributed by atoms with van der Waals surface area (Å²) in [7, 11) is 2.06. The van der Waals surface area contributed by atoms with Crippen molar-refractivity contribution >= 4 is 11.6 Å². The summed E-state index contributed by atoms with van der Waals surface area (Å²) in [5.41, 5.74) is 0. The molecule has 1 atom stereocenters. The molecule has 0 amide bonds. The van der Waals surface area contributed by atoms with Crippen LogP contribution in [0.1, 0.15) is 26.2 Å². The quantitative estimate of drug-likeness (QED) is 0.853. The summed E-state index contributed by atoms with van der Waals surface area (Å²) >= 11 is 0. The number of aliphatic hydroxyl groups excluding tert-OH is 1. The van der Waals surface area contributed by atoms with Crippen LogP contribution in [-0.4, -0.2) is 47.9 Å². The van der Waals surface area contributed by atoms with Gasteiger partial charge in [-0.05, 0) is 12.8 Å². The van der Waals surface area contributed by atoms with Crippen LogP contribution >= 0.6 is 0 Å². The average molecular weight is 250 g/mol. The molecule has 0 bridgehead atoms. The Labute approximate surface area is 108 Å². The number of rotatable bonds is 5. The van der Waals surface area contributed by atoms with Gasteiger partial charge in [-0.25, -0.2) is 9.97 Å². The lowest BCUT2D eigenvalue weighted by molar-refractivity contribution is 0.198. The Bertz CT molecular complexity index is 385. The molecular formula is C13H22N4O. The first-order chi connectivity index (χ1) is 8.70. The van der Waals surface area contributed by atoms with Crippen LogP contribution in [0.2, 0.25) is 0 Å². The minimum Gasteiger partial charge on any atom is -0.391 e. The summed E-state index contributed by atoms with van der Waals surface area (Å²) in [5.74, 6) is 1.87. The van der Waals surface area contributed by atoms with Crippen molar-refractivity contribution in [3.05, 3.63) is 12.4 Å². The highest BCUT2D eigenvalue weighted by Gasteiger charge is 2.21. The smallest absolute Gasteiger partial charge is 0.134 e. The van der Waals surface area contributed by atoms with Gasteiger partial charge in [-0.1, -0.05) is 13.3 Å². The number of unbranched alkanes of at least 4 members (excludes halogenated alkanes) is 1. The Morgan fingerprint density at radius 3 is 3.00 bits per heavy atom. The number of hydrogen-bond donors (Lipinski definition) is 1. The zero-order valence-corrected chi connectivity index (χ0v) is 11.2. The molecule has 1 N–H and O–H groups in total. The molecule has 0 radical (unpaired) electrons. The highest BCUT2D eigenvalue weighted by molar-refractivity contribution is 5.50. The molecule has 0 aliphatic carbocycles. The SMILES string of the molecule is CCCCN(C)c1cc(N2CCC(O)C2)ncn1. The molecule has 5 nitrogen and oxygen atoms in total. The van der Waals surface area contributed by atoms with Gasteiger partial charge < -0.3 is 14.9 Å². The fourth-order valence-electron chi connectivity index (χ4n) is 2.18. The van der Waals surface area contributed by atoms with Gasteiger partial charge in [-0.2, -0.15) is 0 Å². The Morgan fingerprint density at radius 1 is 1.50 bits per heavy atom. The Kier molecular flexibility index (Phi) is 4.36. The molecule has 0 spiro atoms. The van der Waals surface area contributed by atoms with E-state index in [1.54, 1.807) is 6.33 Å². The monoisotopic (exact) mass is 250 g/mol. The third-order valence-corrected chi connectivity index (χ3v) is 3.36. The van der Waals surface area contributed by atoms with E-state index >= 15 is 0 Å². The lowest BCUT2D eigenvalue weighted by Gasteiger charge is -2.21. The first-order valence-electron chi connectivity index (χ1n) is 6.67. The fraction of sp³-hybridized carbons (Fsp3) is 0.692. The molecule has 2 heterocycles. The van der Waals surface area contributed by atoms with E-state index in [4.69, 9.17) is 0 Å². The molecule has 0 aromatic carbocycles. The van der Waals surface area contributed by atoms with Crippen LogP contribution in [0, 0.1) is 0 Å². The predicted octanol–water partition coefficient (Wildman–Crippen LogP) is 1.28. The first-order valence-corrected chi connectivity index (χ1v) is 6.67. The fourth-order valence-corrected chi connectivity index (χ4v) is 2.18. The molecule has 1 saturated heterocycles. The van der Waals surface area contributed by atoms with Crippen LogP contribution < -0.4 is 9.80 Å². The molecule has 100 valence electrons. The van der Waals surface area contributed by atoms with Gasteiger partial charge in [0.15, 0.2) is 0 Å². The van der Waals surface area contributed by atoms with Gasteiger partial charge in [0.2, 0.25) is 0 Å². The number of nitrogens with zero attached hydrogens (tertiary/aromatic N) is 4. The van der Waals surface area contributed by atoms with Crippen molar-refractivity contribution in [3.8, 4) is 0 Å². The zero-order chi connectivity index (χ0) is 13.0. The van der Waals surface area contributed by atoms with Crippen LogP contribution in [0.5, 0.6) is 0 Å². The summed E-state index contributed by atoms with van der Waals surface area (Å²) < 4.78 is 0. The molecular weight excluding hydrogens is 228 g/mol. The second-order valence-electron chi connectivity index (χ2n) is 4.90. The van der Waals surface area contributed by atoms with Gasteiger partial charge in [0.25, 0.3) is 0 Å². The topological polar surface area (TPSA) is 52.5 Å². The van der Waals surface area contributed by atoms with E-state index in [-0.39, 0.29) is 6.10 Å². The second-order valence-corrected chi connectivity index (χ2v) is 4.90. The van der Waals surface area contributed by atoms with Crippen LogP contribution in [-0.2, 0) is 0 Å². The molecule has 1 aliphatic heterocycles. The molecule has 1 aromatic rings. The van der Waals surface area contributed by atoms with E-state index in [1.165, 1.54) is 6.42 Å². The van der Waals surface area contributed by atoms with Crippen LogP contribution in [0.4, 0.5) is 11.6 Å². The third-order valence-electron chi connectivity index (χ3n) is 3.36. The maximum atomic E-state index is 9.56. The molecule has 18 heavy (non-hydrogen) atoms. The second kappa shape index (κ2) is 6.00. The number of β-amino-alcohol motifs (C(OH)–C–C–N with tert-alkyl or cyclic N) is 1. The molecule has 1 aliphatic rings. The largest absolute Gasteiger partial charge is 0.391 e. The van der Waals surface area contributed by atoms with Crippen LogP contribution in [0.25, 0.3) is 0 Å². The summed E-state index contributed by atoms with van der Waals surface area (Å²) in [6.45, 7) is 4.74. The normalized spacial score (nSPS) is 19.3. The van der Waals surface area contributed by atoms with Gasteiger partial charge in [-0.3, -0.25) is 0 Å². The molecule has 1 unspecified atom stereocenters. The lowest BCUT2D eigenvalue weighted by Crippen LogP contribution is -2.24. The number of aromatic nitrogens is 2. The van der Waals surface area contributed by atoms with Gasteiger partial charge in [0.1, 0.15) is 18.0 Å². The highest BCUT2D eigenvalue weighted by atomic mass is 16.3. The zero-order valence-electron chi connectivity index (χ0n) is 11.2. The maximum absolute atomic E-state index is 9.56. The summed E-state index contributed by atoms with van der Waals surface area (Å²) in [6, 6.07) is 2.01. The van der Waals surface area contributed by atoms with Crippen molar-refractivity contribution < 1.29 is 5.11 Å². The third kappa shape index (κ3) is 3.10. The Balaban J connectivity index is 2.05. The molecule has 5 heteroatoms. The lowest BCUT2D eigenvalue weighted by atomic mass is 10.3. The minimum absolute atomic E-state index is 0.221. The van der Waals surface area contributed by atoms with E-state index in [2.05, 4.69) is 33.7 Å².